The van der Waals surface area contributed by atoms with Gasteiger partial charge in [-0.05, 0) is 46.1 Å². The number of hydrogen-bond donors (Lipinski definition) is 3. The molecule has 176 valence electrons. The third-order valence-electron chi connectivity index (χ3n) is 4.90. The Kier molecular flexibility index (Phi) is 26.7. The lowest BCUT2D eigenvalue weighted by Crippen LogP contribution is -2.09. The van der Waals surface area contributed by atoms with Crippen molar-refractivity contribution in [2.24, 2.45) is 11.5 Å². The van der Waals surface area contributed by atoms with Gasteiger partial charge in [0.2, 0.25) is 5.91 Å². The Morgan fingerprint density at radius 1 is 0.828 bits per heavy atom. The fraction of sp³-hybridized carbons (Fsp3) is 0.958. The fourth-order valence-electron chi connectivity index (χ4n) is 3.09. The highest BCUT2D eigenvalue weighted by atomic mass is 16.5. The Labute approximate surface area is 181 Å². The second kappa shape index (κ2) is 25.4. The highest BCUT2D eigenvalue weighted by Gasteiger charge is 2.03. The number of hydrogen-bond acceptors (Lipinski definition) is 4. The van der Waals surface area contributed by atoms with Crippen LogP contribution in [0.2, 0.25) is 0 Å². The van der Waals surface area contributed by atoms with E-state index in [4.69, 9.17) is 16.2 Å². The summed E-state index contributed by atoms with van der Waals surface area (Å²) in [6.45, 7) is 7.79. The van der Waals surface area contributed by atoms with E-state index in [1.54, 1.807) is 0 Å². The molecule has 0 spiro atoms. The molecule has 0 saturated heterocycles. The van der Waals surface area contributed by atoms with Crippen molar-refractivity contribution < 1.29 is 14.6 Å². The van der Waals surface area contributed by atoms with Gasteiger partial charge in [-0.3, -0.25) is 4.79 Å². The summed E-state index contributed by atoms with van der Waals surface area (Å²) >= 11 is 0. The van der Waals surface area contributed by atoms with Gasteiger partial charge in [-0.15, -0.1) is 0 Å². The van der Waals surface area contributed by atoms with E-state index in [1.165, 1.54) is 57.8 Å². The molecule has 0 saturated carbocycles. The molecule has 0 aliphatic heterocycles. The molecule has 5 N–H and O–H groups in total. The molecule has 0 aromatic rings. The Hall–Kier alpha value is -0.650. The molecule has 0 aliphatic carbocycles. The number of primary amides is 1. The van der Waals surface area contributed by atoms with Crippen LogP contribution in [0.1, 0.15) is 124 Å². The van der Waals surface area contributed by atoms with Crippen molar-refractivity contribution >= 4 is 5.91 Å². The highest BCUT2D eigenvalue weighted by molar-refractivity contribution is 5.73. The Balaban J connectivity index is 0. The average Bonchev–Trinajstić information content (AvgIpc) is 2.67. The molecule has 0 aromatic heterocycles. The molecule has 0 bridgehead atoms. The van der Waals surface area contributed by atoms with Gasteiger partial charge in [0.15, 0.2) is 0 Å². The van der Waals surface area contributed by atoms with Crippen LogP contribution in [0.5, 0.6) is 0 Å². The molecule has 0 aromatic carbocycles. The van der Waals surface area contributed by atoms with Gasteiger partial charge in [-0.2, -0.15) is 0 Å². The first-order valence-electron chi connectivity index (χ1n) is 12.2. The van der Waals surface area contributed by atoms with Crippen LogP contribution in [0.25, 0.3) is 0 Å². The van der Waals surface area contributed by atoms with E-state index in [1.807, 2.05) is 13.8 Å². The number of aliphatic hydroxyl groups is 1. The van der Waals surface area contributed by atoms with Gasteiger partial charge in [0.1, 0.15) is 0 Å². The van der Waals surface area contributed by atoms with Crippen LogP contribution in [0.3, 0.4) is 0 Å². The van der Waals surface area contributed by atoms with Crippen molar-refractivity contribution in [2.75, 3.05) is 13.2 Å². The minimum absolute atomic E-state index is 0.0735. The number of nitrogens with two attached hydrogens (primary N) is 2. The van der Waals surface area contributed by atoms with Crippen LogP contribution in [0.4, 0.5) is 0 Å². The zero-order valence-corrected chi connectivity index (χ0v) is 19.8. The number of aliphatic hydroxyl groups excluding tert-OH is 1. The SMILES string of the molecule is CC(C)OCCCN.CCCCCCC(O)CCCCCCCCCCC(N)=O. The van der Waals surface area contributed by atoms with Gasteiger partial charge in [-0.1, -0.05) is 77.6 Å². The lowest BCUT2D eigenvalue weighted by Gasteiger charge is -2.10. The van der Waals surface area contributed by atoms with Crippen LogP contribution in [0.15, 0.2) is 0 Å². The molecule has 0 heterocycles. The molecule has 0 aliphatic rings. The summed E-state index contributed by atoms with van der Waals surface area (Å²) < 4.78 is 5.20. The van der Waals surface area contributed by atoms with E-state index < -0.39 is 0 Å². The molecular weight excluding hydrogens is 364 g/mol. The first-order chi connectivity index (χ1) is 13.9. The second-order valence-corrected chi connectivity index (χ2v) is 8.40. The Morgan fingerprint density at radius 2 is 1.31 bits per heavy atom. The number of rotatable bonds is 20. The van der Waals surface area contributed by atoms with E-state index in [-0.39, 0.29) is 12.0 Å². The summed E-state index contributed by atoms with van der Waals surface area (Å²) in [6.07, 6.45) is 18.3. The molecule has 0 radical (unpaired) electrons. The molecule has 1 unspecified atom stereocenters. The minimum Gasteiger partial charge on any atom is -0.393 e. The monoisotopic (exact) mass is 416 g/mol. The maximum atomic E-state index is 10.6. The lowest BCUT2D eigenvalue weighted by atomic mass is 10.0. The molecule has 0 rings (SSSR count). The van der Waals surface area contributed by atoms with Gasteiger partial charge < -0.3 is 21.3 Å². The number of carbonyl (C=O) groups is 1. The molecule has 1 atom stereocenters. The molecule has 1 amide bonds. The third kappa shape index (κ3) is 32.2. The number of amides is 1. The van der Waals surface area contributed by atoms with Crippen molar-refractivity contribution in [2.45, 2.75) is 136 Å². The zero-order valence-electron chi connectivity index (χ0n) is 19.8. The van der Waals surface area contributed by atoms with Crippen molar-refractivity contribution in [3.05, 3.63) is 0 Å². The zero-order chi connectivity index (χ0) is 22.2. The first-order valence-corrected chi connectivity index (χ1v) is 12.2. The van der Waals surface area contributed by atoms with Gasteiger partial charge in [-0.25, -0.2) is 0 Å². The van der Waals surface area contributed by atoms with Crippen molar-refractivity contribution in [1.82, 2.24) is 0 Å². The van der Waals surface area contributed by atoms with Gasteiger partial charge >= 0.3 is 0 Å². The summed E-state index contributed by atoms with van der Waals surface area (Å²) in [7, 11) is 0. The standard InChI is InChI=1S/C18H37NO2.C6H15NO/c1-2-3-4-11-14-17(20)15-12-9-7-5-6-8-10-13-16-18(19)21;1-6(2)8-5-3-4-7/h17,20H,2-16H2,1H3,(H2,19,21);6H,3-5,7H2,1-2H3. The topological polar surface area (TPSA) is 98.6 Å². The summed E-state index contributed by atoms with van der Waals surface area (Å²) in [5.74, 6) is -0.178. The third-order valence-corrected chi connectivity index (χ3v) is 4.90. The average molecular weight is 417 g/mol. The van der Waals surface area contributed by atoms with E-state index in [2.05, 4.69) is 6.92 Å². The van der Waals surface area contributed by atoms with Gasteiger partial charge in [0.05, 0.1) is 12.2 Å². The Morgan fingerprint density at radius 3 is 1.76 bits per heavy atom. The molecule has 29 heavy (non-hydrogen) atoms. The first kappa shape index (κ1) is 30.5. The predicted molar refractivity (Wildman–Crippen MR) is 125 cm³/mol. The van der Waals surface area contributed by atoms with E-state index >= 15 is 0 Å². The highest BCUT2D eigenvalue weighted by Crippen LogP contribution is 2.14. The maximum Gasteiger partial charge on any atom is 0.217 e. The smallest absolute Gasteiger partial charge is 0.217 e. The predicted octanol–water partition coefficient (Wildman–Crippen LogP) is 5.46. The summed E-state index contributed by atoms with van der Waals surface area (Å²) in [6, 6.07) is 0. The number of unbranched alkanes of at least 4 members (excludes halogenated alkanes) is 10. The molecule has 5 nitrogen and oxygen atoms in total. The number of carbonyl (C=O) groups excluding carboxylic acids is 1. The van der Waals surface area contributed by atoms with E-state index in [0.29, 0.717) is 12.5 Å². The molecular formula is C24H52N2O3. The number of ether oxygens (including phenoxy) is 1. The second-order valence-electron chi connectivity index (χ2n) is 8.40. The molecule has 5 heteroatoms. The summed E-state index contributed by atoms with van der Waals surface area (Å²) in [5.41, 5.74) is 10.3. The maximum absolute atomic E-state index is 10.6. The van der Waals surface area contributed by atoms with Crippen LogP contribution >= 0.6 is 0 Å². The Bertz CT molecular complexity index is 325. The lowest BCUT2D eigenvalue weighted by molar-refractivity contribution is -0.118. The van der Waals surface area contributed by atoms with E-state index in [9.17, 15) is 9.90 Å². The summed E-state index contributed by atoms with van der Waals surface area (Å²) in [5, 5.41) is 9.86. The van der Waals surface area contributed by atoms with Gasteiger partial charge in [0.25, 0.3) is 0 Å². The van der Waals surface area contributed by atoms with Crippen molar-refractivity contribution in [1.29, 1.82) is 0 Å². The quantitative estimate of drug-likeness (QED) is 0.229. The van der Waals surface area contributed by atoms with Crippen LogP contribution in [0, 0.1) is 0 Å². The normalized spacial score (nSPS) is 11.9. The van der Waals surface area contributed by atoms with E-state index in [0.717, 1.165) is 51.7 Å². The molecule has 0 fully saturated rings. The van der Waals surface area contributed by atoms with Gasteiger partial charge in [0, 0.05) is 13.0 Å². The largest absolute Gasteiger partial charge is 0.393 e. The van der Waals surface area contributed by atoms with Crippen molar-refractivity contribution in [3.8, 4) is 0 Å². The summed E-state index contributed by atoms with van der Waals surface area (Å²) in [4.78, 5) is 10.6. The minimum atomic E-state index is -0.178. The van der Waals surface area contributed by atoms with Crippen molar-refractivity contribution in [3.63, 3.8) is 0 Å². The van der Waals surface area contributed by atoms with Crippen LogP contribution < -0.4 is 11.5 Å². The fourth-order valence-corrected chi connectivity index (χ4v) is 3.09. The van der Waals surface area contributed by atoms with Crippen LogP contribution in [-0.2, 0) is 9.53 Å². The van der Waals surface area contributed by atoms with Crippen LogP contribution in [-0.4, -0.2) is 36.4 Å².